The summed E-state index contributed by atoms with van der Waals surface area (Å²) in [4.78, 5) is 44.1. The number of aliphatic hydroxyl groups is 1. The van der Waals surface area contributed by atoms with Crippen molar-refractivity contribution in [3.63, 3.8) is 0 Å². The summed E-state index contributed by atoms with van der Waals surface area (Å²) in [5.41, 5.74) is 20.1. The van der Waals surface area contributed by atoms with E-state index >= 15 is 0 Å². The number of alkyl halides is 1. The summed E-state index contributed by atoms with van der Waals surface area (Å²) in [6.07, 6.45) is 2.70. The van der Waals surface area contributed by atoms with Crippen molar-refractivity contribution in [1.82, 2.24) is 48.6 Å². The molecular formula is C48H43FN12O3. The summed E-state index contributed by atoms with van der Waals surface area (Å²) in [7, 11) is 0. The molecule has 64 heavy (non-hydrogen) atoms. The van der Waals surface area contributed by atoms with Crippen molar-refractivity contribution in [2.45, 2.75) is 54.1 Å². The summed E-state index contributed by atoms with van der Waals surface area (Å²) >= 11 is 0. The summed E-state index contributed by atoms with van der Waals surface area (Å²) in [6, 6.07) is 31.1. The monoisotopic (exact) mass is 854 g/mol. The van der Waals surface area contributed by atoms with E-state index in [1.54, 1.807) is 18.5 Å². The number of aromatic nitrogens is 10. The molecule has 0 radical (unpaired) electrons. The van der Waals surface area contributed by atoms with Crippen LogP contribution in [0.1, 0.15) is 45.0 Å². The van der Waals surface area contributed by atoms with Crippen LogP contribution in [-0.4, -0.2) is 53.7 Å². The Balaban J connectivity index is 0.000000162. The number of nitrogens with two attached hydrogens (primary N) is 2. The molecular weight excluding hydrogens is 812 g/mol. The van der Waals surface area contributed by atoms with Crippen molar-refractivity contribution in [2.24, 2.45) is 0 Å². The fourth-order valence-electron chi connectivity index (χ4n) is 8.51. The molecule has 0 spiro atoms. The molecule has 5 N–H and O–H groups in total. The molecule has 0 amide bonds. The second kappa shape index (κ2) is 16.6. The van der Waals surface area contributed by atoms with Gasteiger partial charge >= 0.3 is 0 Å². The van der Waals surface area contributed by atoms with Gasteiger partial charge in [0.2, 0.25) is 0 Å². The number of rotatable bonds is 8. The van der Waals surface area contributed by atoms with Gasteiger partial charge in [0.1, 0.15) is 42.4 Å². The van der Waals surface area contributed by atoms with Gasteiger partial charge in [0.15, 0.2) is 11.3 Å². The fourth-order valence-corrected chi connectivity index (χ4v) is 8.51. The maximum atomic E-state index is 13.7. The summed E-state index contributed by atoms with van der Waals surface area (Å²) in [5, 5.41) is 22.7. The molecule has 0 bridgehead atoms. The van der Waals surface area contributed by atoms with Crippen LogP contribution in [0, 0.1) is 27.7 Å². The number of hydrogen-bond acceptors (Lipinski definition) is 11. The molecule has 0 aliphatic carbocycles. The van der Waals surface area contributed by atoms with Gasteiger partial charge in [0.25, 0.3) is 11.1 Å². The average molecular weight is 855 g/mol. The average Bonchev–Trinajstić information content (AvgIpc) is 3.83. The van der Waals surface area contributed by atoms with Crippen molar-refractivity contribution < 1.29 is 9.50 Å². The van der Waals surface area contributed by atoms with Crippen LogP contribution in [0.15, 0.2) is 119 Å². The molecule has 320 valence electrons. The molecule has 6 heterocycles. The Morgan fingerprint density at radius 2 is 0.969 bits per heavy atom. The van der Waals surface area contributed by atoms with Gasteiger partial charge in [-0.3, -0.25) is 18.7 Å². The minimum Gasteiger partial charge on any atom is -0.390 e. The number of aliphatic hydroxyl groups excluding tert-OH is 1. The molecule has 0 aliphatic rings. The van der Waals surface area contributed by atoms with Gasteiger partial charge in [0.05, 0.1) is 52.6 Å². The zero-order chi connectivity index (χ0) is 44.8. The first-order valence-electron chi connectivity index (χ1n) is 20.5. The van der Waals surface area contributed by atoms with Crippen molar-refractivity contribution in [3.8, 4) is 11.4 Å². The molecule has 16 heteroatoms. The highest BCUT2D eigenvalue weighted by Gasteiger charge is 2.21. The Morgan fingerprint density at radius 1 is 0.547 bits per heavy atom. The lowest BCUT2D eigenvalue weighted by molar-refractivity contribution is 0.276. The number of anilines is 2. The van der Waals surface area contributed by atoms with Crippen LogP contribution in [-0.2, 0) is 26.4 Å². The van der Waals surface area contributed by atoms with Crippen LogP contribution < -0.4 is 22.6 Å². The summed E-state index contributed by atoms with van der Waals surface area (Å²) in [6.45, 7) is 7.21. The predicted molar refractivity (Wildman–Crippen MR) is 246 cm³/mol. The number of benzene rings is 4. The second-order valence-electron chi connectivity index (χ2n) is 15.6. The predicted octanol–water partition coefficient (Wildman–Crippen LogP) is 6.72. The van der Waals surface area contributed by atoms with E-state index in [0.717, 1.165) is 50.1 Å². The van der Waals surface area contributed by atoms with Crippen molar-refractivity contribution in [1.29, 1.82) is 0 Å². The molecule has 0 unspecified atom stereocenters. The van der Waals surface area contributed by atoms with E-state index in [2.05, 4.69) is 30.1 Å². The highest BCUT2D eigenvalue weighted by Crippen LogP contribution is 2.27. The highest BCUT2D eigenvalue weighted by molar-refractivity contribution is 5.90. The van der Waals surface area contributed by atoms with Gasteiger partial charge in [-0.2, -0.15) is 10.2 Å². The number of fused-ring (bicyclic) bond motifs is 4. The van der Waals surface area contributed by atoms with Crippen LogP contribution in [0.25, 0.3) is 55.0 Å². The van der Waals surface area contributed by atoms with Crippen molar-refractivity contribution >= 4 is 55.2 Å². The Labute approximate surface area is 364 Å². The van der Waals surface area contributed by atoms with Crippen LogP contribution in [0.5, 0.6) is 0 Å². The standard InChI is InChI=1S/C24H21FN6O.C24H22N6O2/c1-14-6-3-4-9-19(14)31-17(10-16-8-5-7-15(2)20(16)24(31)32)12-30-23-21(18(11-25)29-30)22(26)27-13-28-23;1-14-6-3-4-9-19(14)30-17(10-16-8-5-7-15(2)20(16)24(30)32)11-29-23-21(18(12-31)28-29)22(25)26-13-27-23/h3-10,13H,11-12H2,1-2H3,(H2,26,27,28);3-10,13,31H,11-12H2,1-2H3,(H2,25,26,27). The van der Waals surface area contributed by atoms with Gasteiger partial charge < -0.3 is 16.6 Å². The number of pyridine rings is 2. The zero-order valence-electron chi connectivity index (χ0n) is 35.5. The van der Waals surface area contributed by atoms with Crippen molar-refractivity contribution in [3.05, 3.63) is 175 Å². The van der Waals surface area contributed by atoms with Gasteiger partial charge in [-0.25, -0.2) is 33.7 Å². The van der Waals surface area contributed by atoms with Crippen LogP contribution in [0.4, 0.5) is 16.0 Å². The zero-order valence-corrected chi connectivity index (χ0v) is 35.5. The van der Waals surface area contributed by atoms with E-state index in [4.69, 9.17) is 11.5 Å². The lowest BCUT2D eigenvalue weighted by Gasteiger charge is -2.17. The van der Waals surface area contributed by atoms with Gasteiger partial charge in [0, 0.05) is 11.4 Å². The normalized spacial score (nSPS) is 11.5. The lowest BCUT2D eigenvalue weighted by atomic mass is 10.1. The smallest absolute Gasteiger partial charge is 0.263 e. The third-order valence-corrected chi connectivity index (χ3v) is 11.5. The first-order chi connectivity index (χ1) is 31.0. The molecule has 4 aromatic carbocycles. The van der Waals surface area contributed by atoms with E-state index in [1.807, 2.05) is 125 Å². The highest BCUT2D eigenvalue weighted by atomic mass is 19.1. The van der Waals surface area contributed by atoms with E-state index in [-0.39, 0.29) is 48.1 Å². The van der Waals surface area contributed by atoms with Gasteiger partial charge in [-0.1, -0.05) is 72.8 Å². The SMILES string of the molecule is Cc1ccccc1-n1c(Cn2nc(CF)c3c(N)ncnc32)cc2cccc(C)c2c1=O.Cc1ccccc1-n1c(Cn2nc(CO)c3c(N)ncnc32)cc2cccc(C)c2c1=O. The van der Waals surface area contributed by atoms with Crippen LogP contribution in [0.3, 0.4) is 0 Å². The number of aryl methyl sites for hydroxylation is 4. The number of nitrogens with zero attached hydrogens (tertiary/aromatic N) is 10. The molecule has 0 aliphatic heterocycles. The third kappa shape index (κ3) is 7.08. The molecule has 10 rings (SSSR count). The van der Waals surface area contributed by atoms with Gasteiger partial charge in [-0.05, 0) is 85.0 Å². The van der Waals surface area contributed by atoms with Crippen LogP contribution >= 0.6 is 0 Å². The quantitative estimate of drug-likeness (QED) is 0.146. The Morgan fingerprint density at radius 3 is 1.41 bits per heavy atom. The molecule has 0 saturated carbocycles. The molecule has 0 fully saturated rings. The van der Waals surface area contributed by atoms with E-state index in [1.165, 1.54) is 12.7 Å². The molecule has 15 nitrogen and oxygen atoms in total. The van der Waals surface area contributed by atoms with Gasteiger partial charge in [-0.15, -0.1) is 0 Å². The number of halogens is 1. The third-order valence-electron chi connectivity index (χ3n) is 11.5. The Bertz CT molecular complexity index is 3340. The molecule has 0 saturated heterocycles. The number of nitrogen functional groups attached to an aromatic ring is 2. The minimum absolute atomic E-state index is 0.0853. The topological polar surface area (TPSA) is 203 Å². The second-order valence-corrected chi connectivity index (χ2v) is 15.6. The van der Waals surface area contributed by atoms with Crippen molar-refractivity contribution in [2.75, 3.05) is 11.5 Å². The van der Waals surface area contributed by atoms with E-state index in [9.17, 15) is 19.1 Å². The minimum atomic E-state index is -0.789. The molecule has 6 aromatic heterocycles. The first kappa shape index (κ1) is 41.3. The Kier molecular flexibility index (Phi) is 10.7. The maximum Gasteiger partial charge on any atom is 0.263 e. The largest absolute Gasteiger partial charge is 0.390 e. The Hall–Kier alpha value is -8.11. The summed E-state index contributed by atoms with van der Waals surface area (Å²) < 4.78 is 20.3. The molecule has 10 aromatic rings. The molecule has 0 atom stereocenters. The fraction of sp³-hybridized carbons (Fsp3) is 0.167. The van der Waals surface area contributed by atoms with Crippen LogP contribution in [0.2, 0.25) is 0 Å². The number of hydrogen-bond donors (Lipinski definition) is 3. The van der Waals surface area contributed by atoms with E-state index in [0.29, 0.717) is 44.2 Å². The first-order valence-corrected chi connectivity index (χ1v) is 20.5. The summed E-state index contributed by atoms with van der Waals surface area (Å²) in [5.74, 6) is 0.440. The van der Waals surface area contributed by atoms with E-state index < -0.39 is 6.67 Å². The lowest BCUT2D eigenvalue weighted by Crippen LogP contribution is -2.25. The number of para-hydroxylation sites is 2. The maximum absolute atomic E-state index is 13.7.